The van der Waals surface area contributed by atoms with Crippen LogP contribution in [-0.2, 0) is 24.4 Å². The third-order valence-corrected chi connectivity index (χ3v) is 5.32. The highest BCUT2D eigenvalue weighted by molar-refractivity contribution is 14.0. The van der Waals surface area contributed by atoms with Crippen molar-refractivity contribution in [2.75, 3.05) is 27.2 Å². The van der Waals surface area contributed by atoms with Gasteiger partial charge in [0.2, 0.25) is 5.91 Å². The van der Waals surface area contributed by atoms with Crippen molar-refractivity contribution in [2.24, 2.45) is 4.99 Å². The van der Waals surface area contributed by atoms with E-state index in [1.54, 1.807) is 7.05 Å². The van der Waals surface area contributed by atoms with Crippen LogP contribution in [0.5, 0.6) is 5.75 Å². The first-order valence-corrected chi connectivity index (χ1v) is 10.6. The fourth-order valence-corrected chi connectivity index (χ4v) is 3.73. The van der Waals surface area contributed by atoms with Crippen LogP contribution in [0.25, 0.3) is 0 Å². The van der Waals surface area contributed by atoms with Crippen molar-refractivity contribution in [1.82, 2.24) is 15.1 Å². The highest BCUT2D eigenvalue weighted by atomic mass is 127. The van der Waals surface area contributed by atoms with E-state index in [2.05, 4.69) is 39.5 Å². The van der Waals surface area contributed by atoms with Gasteiger partial charge in [-0.25, -0.2) is 0 Å². The van der Waals surface area contributed by atoms with Crippen LogP contribution >= 0.6 is 24.0 Å². The van der Waals surface area contributed by atoms with Gasteiger partial charge < -0.3 is 19.9 Å². The zero-order valence-electron chi connectivity index (χ0n) is 18.6. The van der Waals surface area contributed by atoms with Gasteiger partial charge in [0.1, 0.15) is 5.75 Å². The largest absolute Gasteiger partial charge is 0.494 e. The van der Waals surface area contributed by atoms with Gasteiger partial charge >= 0.3 is 0 Å². The second kappa shape index (κ2) is 12.5. The van der Waals surface area contributed by atoms with Crippen molar-refractivity contribution in [1.29, 1.82) is 0 Å². The summed E-state index contributed by atoms with van der Waals surface area (Å²) in [6.45, 7) is 5.60. The summed E-state index contributed by atoms with van der Waals surface area (Å²) in [6, 6.07) is 16.5. The Bertz CT molecular complexity index is 870. The van der Waals surface area contributed by atoms with Crippen LogP contribution in [0.3, 0.4) is 0 Å². The summed E-state index contributed by atoms with van der Waals surface area (Å²) >= 11 is 0. The number of hydrogen-bond donors (Lipinski definition) is 1. The van der Waals surface area contributed by atoms with Crippen molar-refractivity contribution >= 4 is 35.8 Å². The maximum atomic E-state index is 12.0. The molecule has 0 unspecified atom stereocenters. The lowest BCUT2D eigenvalue weighted by Gasteiger charge is -2.23. The van der Waals surface area contributed by atoms with Gasteiger partial charge in [0.05, 0.1) is 6.61 Å². The SMILES string of the molecule is CCOc1ccc(CN(C)C(=NC)NCc2ccccc2CN2CCCC2=O)cc1.I. The number of ether oxygens (including phenoxy) is 1. The van der Waals surface area contributed by atoms with Gasteiger partial charge in [-0.2, -0.15) is 0 Å². The van der Waals surface area contributed by atoms with E-state index < -0.39 is 0 Å². The molecule has 0 radical (unpaired) electrons. The van der Waals surface area contributed by atoms with Crippen molar-refractivity contribution in [2.45, 2.75) is 39.4 Å². The first-order chi connectivity index (χ1) is 14.6. The van der Waals surface area contributed by atoms with Gasteiger partial charge in [0.15, 0.2) is 5.96 Å². The molecule has 0 atom stereocenters. The number of aliphatic imine (C=N–C) groups is 1. The monoisotopic (exact) mass is 536 g/mol. The molecule has 1 fully saturated rings. The number of guanidine groups is 1. The smallest absolute Gasteiger partial charge is 0.222 e. The summed E-state index contributed by atoms with van der Waals surface area (Å²) in [6.07, 6.45) is 1.63. The lowest BCUT2D eigenvalue weighted by atomic mass is 10.1. The van der Waals surface area contributed by atoms with E-state index in [9.17, 15) is 4.79 Å². The molecule has 1 N–H and O–H groups in total. The molecule has 7 heteroatoms. The third-order valence-electron chi connectivity index (χ3n) is 5.32. The zero-order valence-corrected chi connectivity index (χ0v) is 21.0. The van der Waals surface area contributed by atoms with Crippen molar-refractivity contribution in [3.63, 3.8) is 0 Å². The fraction of sp³-hybridized carbons (Fsp3) is 0.417. The number of likely N-dealkylation sites (tertiary alicyclic amines) is 1. The second-order valence-corrected chi connectivity index (χ2v) is 7.52. The molecule has 2 aromatic rings. The quantitative estimate of drug-likeness (QED) is 0.315. The number of benzene rings is 2. The third kappa shape index (κ3) is 7.12. The summed E-state index contributed by atoms with van der Waals surface area (Å²) in [5.74, 6) is 1.97. The van der Waals surface area contributed by atoms with Crippen LogP contribution < -0.4 is 10.1 Å². The number of nitrogens with zero attached hydrogens (tertiary/aromatic N) is 3. The van der Waals surface area contributed by atoms with E-state index in [0.717, 1.165) is 31.2 Å². The fourth-order valence-electron chi connectivity index (χ4n) is 3.73. The molecule has 3 rings (SSSR count). The maximum Gasteiger partial charge on any atom is 0.222 e. The Kier molecular flexibility index (Phi) is 10.1. The Labute approximate surface area is 202 Å². The van der Waals surface area contributed by atoms with Crippen LogP contribution in [0.15, 0.2) is 53.5 Å². The van der Waals surface area contributed by atoms with E-state index in [0.29, 0.717) is 26.1 Å². The molecule has 1 heterocycles. The minimum absolute atomic E-state index is 0. The van der Waals surface area contributed by atoms with Crippen LogP contribution in [0, 0.1) is 0 Å². The maximum absolute atomic E-state index is 12.0. The summed E-state index contributed by atoms with van der Waals surface area (Å²) in [5.41, 5.74) is 3.56. The first kappa shape index (κ1) is 25.0. The molecule has 0 aliphatic carbocycles. The molecule has 0 saturated carbocycles. The Morgan fingerprint density at radius 1 is 1.16 bits per heavy atom. The molecule has 0 aromatic heterocycles. The van der Waals surface area contributed by atoms with Crippen molar-refractivity contribution < 1.29 is 9.53 Å². The Hall–Kier alpha value is -2.29. The Morgan fingerprint density at radius 2 is 1.87 bits per heavy atom. The molecule has 31 heavy (non-hydrogen) atoms. The number of carbonyl (C=O) groups excluding carboxylic acids is 1. The van der Waals surface area contributed by atoms with Gasteiger partial charge in [-0.15, -0.1) is 24.0 Å². The topological polar surface area (TPSA) is 57.2 Å². The van der Waals surface area contributed by atoms with Gasteiger partial charge in [0, 0.05) is 46.7 Å². The molecule has 6 nitrogen and oxygen atoms in total. The molecule has 168 valence electrons. The highest BCUT2D eigenvalue weighted by Crippen LogP contribution is 2.17. The Morgan fingerprint density at radius 3 is 2.48 bits per heavy atom. The predicted molar refractivity (Wildman–Crippen MR) is 136 cm³/mol. The first-order valence-electron chi connectivity index (χ1n) is 10.6. The summed E-state index contributed by atoms with van der Waals surface area (Å²) < 4.78 is 5.51. The van der Waals surface area contributed by atoms with Crippen LogP contribution in [0.2, 0.25) is 0 Å². The molecule has 1 saturated heterocycles. The van der Waals surface area contributed by atoms with Gasteiger partial charge in [0.25, 0.3) is 0 Å². The second-order valence-electron chi connectivity index (χ2n) is 7.52. The van der Waals surface area contributed by atoms with E-state index in [4.69, 9.17) is 4.74 Å². The molecule has 0 spiro atoms. The van der Waals surface area contributed by atoms with E-state index >= 15 is 0 Å². The van der Waals surface area contributed by atoms with Gasteiger partial charge in [-0.05, 0) is 42.2 Å². The number of rotatable bonds is 8. The number of halogens is 1. The summed E-state index contributed by atoms with van der Waals surface area (Å²) in [7, 11) is 3.83. The van der Waals surface area contributed by atoms with E-state index in [-0.39, 0.29) is 29.9 Å². The molecule has 1 aliphatic heterocycles. The standard InChI is InChI=1S/C24H32N4O2.HI/c1-4-30-22-13-11-19(12-14-22)17-27(3)24(25-2)26-16-20-8-5-6-9-21(20)18-28-15-7-10-23(28)29;/h5-6,8-9,11-14H,4,7,10,15-18H2,1-3H3,(H,25,26);1H. The van der Waals surface area contributed by atoms with Crippen LogP contribution in [0.1, 0.15) is 36.5 Å². The molecule has 2 aromatic carbocycles. The predicted octanol–water partition coefficient (Wildman–Crippen LogP) is 4.03. The van der Waals surface area contributed by atoms with Crippen LogP contribution in [-0.4, -0.2) is 48.9 Å². The zero-order chi connectivity index (χ0) is 21.3. The van der Waals surface area contributed by atoms with Crippen molar-refractivity contribution in [3.05, 3.63) is 65.2 Å². The normalized spacial score (nSPS) is 13.7. The van der Waals surface area contributed by atoms with Gasteiger partial charge in [-0.1, -0.05) is 36.4 Å². The number of hydrogen-bond acceptors (Lipinski definition) is 3. The van der Waals surface area contributed by atoms with Crippen LogP contribution in [0.4, 0.5) is 0 Å². The van der Waals surface area contributed by atoms with Gasteiger partial charge in [-0.3, -0.25) is 9.79 Å². The van der Waals surface area contributed by atoms with E-state index in [1.807, 2.05) is 43.1 Å². The minimum atomic E-state index is 0. The minimum Gasteiger partial charge on any atom is -0.494 e. The highest BCUT2D eigenvalue weighted by Gasteiger charge is 2.21. The molecule has 1 aliphatic rings. The molecular weight excluding hydrogens is 503 g/mol. The van der Waals surface area contributed by atoms with Crippen molar-refractivity contribution in [3.8, 4) is 5.75 Å². The lowest BCUT2D eigenvalue weighted by molar-refractivity contribution is -0.128. The summed E-state index contributed by atoms with van der Waals surface area (Å²) in [5, 5.41) is 3.46. The van der Waals surface area contributed by atoms with E-state index in [1.165, 1.54) is 16.7 Å². The molecule has 0 bridgehead atoms. The molecular formula is C24H33IN4O2. The summed E-state index contributed by atoms with van der Waals surface area (Å²) in [4.78, 5) is 20.5. The lowest BCUT2D eigenvalue weighted by Crippen LogP contribution is -2.38. The number of nitrogens with one attached hydrogen (secondary N) is 1. The average molecular weight is 536 g/mol. The Balaban J connectivity index is 0.00000341. The average Bonchev–Trinajstić information content (AvgIpc) is 3.15. The number of amides is 1. The number of carbonyl (C=O) groups is 1. The molecule has 1 amide bonds.